The summed E-state index contributed by atoms with van der Waals surface area (Å²) in [6, 6.07) is 23.8. The second-order valence-electron chi connectivity index (χ2n) is 5.28. The van der Waals surface area contributed by atoms with Crippen molar-refractivity contribution in [3.8, 4) is 0 Å². The summed E-state index contributed by atoms with van der Waals surface area (Å²) in [5, 5.41) is 4.08. The predicted octanol–water partition coefficient (Wildman–Crippen LogP) is 4.65. The highest BCUT2D eigenvalue weighted by atomic mass is 32.1. The van der Waals surface area contributed by atoms with Gasteiger partial charge in [0.1, 0.15) is 0 Å². The number of rotatable bonds is 3. The van der Waals surface area contributed by atoms with Crippen molar-refractivity contribution in [2.75, 3.05) is 14.1 Å². The van der Waals surface area contributed by atoms with E-state index in [9.17, 15) is 4.79 Å². The van der Waals surface area contributed by atoms with E-state index in [2.05, 4.69) is 0 Å². The maximum absolute atomic E-state index is 12.4. The minimum atomic E-state index is -0.220. The molecule has 0 saturated heterocycles. The van der Waals surface area contributed by atoms with Gasteiger partial charge in [0, 0.05) is 14.1 Å². The van der Waals surface area contributed by atoms with Crippen molar-refractivity contribution in [2.24, 2.45) is 0 Å². The Morgan fingerprint density at radius 1 is 0.783 bits per heavy atom. The summed E-state index contributed by atoms with van der Waals surface area (Å²) in [5.74, 6) is -0.116. The number of benzene rings is 2. The van der Waals surface area contributed by atoms with Crippen molar-refractivity contribution in [1.29, 1.82) is 0 Å². The summed E-state index contributed by atoms with van der Waals surface area (Å²) >= 11 is 1.71. The Labute approximate surface area is 142 Å². The monoisotopic (exact) mass is 323 g/mol. The number of carbonyl (C=O) groups is 1. The molecule has 0 aliphatic rings. The van der Waals surface area contributed by atoms with Crippen LogP contribution in [0.15, 0.2) is 83.6 Å². The number of likely N-dealkylation sites (N-methyl/N-ethyl adjacent to an activating group) is 1. The smallest absolute Gasteiger partial charge is 0.234 e. The second-order valence-corrected chi connectivity index (χ2v) is 6.10. The molecule has 2 nitrogen and oxygen atoms in total. The molecule has 0 bridgehead atoms. The van der Waals surface area contributed by atoms with Crippen LogP contribution < -0.4 is 0 Å². The Hall–Kier alpha value is -2.39. The van der Waals surface area contributed by atoms with Crippen LogP contribution in [-0.2, 0) is 4.79 Å². The van der Waals surface area contributed by atoms with Crippen LogP contribution in [0.3, 0.4) is 0 Å². The zero-order valence-electron chi connectivity index (χ0n) is 13.4. The minimum absolute atomic E-state index is 0.104. The van der Waals surface area contributed by atoms with E-state index in [4.69, 9.17) is 0 Å². The third-order valence-electron chi connectivity index (χ3n) is 3.38. The highest BCUT2D eigenvalue weighted by Crippen LogP contribution is 2.25. The normalized spacial score (nSPS) is 9.87. The molecule has 1 aromatic heterocycles. The molecule has 23 heavy (non-hydrogen) atoms. The van der Waals surface area contributed by atoms with Gasteiger partial charge >= 0.3 is 0 Å². The lowest BCUT2D eigenvalue weighted by molar-refractivity contribution is -0.129. The molecule has 2 aromatic carbocycles. The third-order valence-corrected chi connectivity index (χ3v) is 4.01. The molecule has 0 saturated carbocycles. The van der Waals surface area contributed by atoms with Crippen LogP contribution in [0.5, 0.6) is 0 Å². The number of nitrogens with zero attached hydrogens (tertiary/aromatic N) is 1. The van der Waals surface area contributed by atoms with Crippen molar-refractivity contribution < 1.29 is 4.79 Å². The maximum atomic E-state index is 12.4. The summed E-state index contributed by atoms with van der Waals surface area (Å²) in [6.45, 7) is 0. The van der Waals surface area contributed by atoms with Gasteiger partial charge in [-0.1, -0.05) is 72.8 Å². The van der Waals surface area contributed by atoms with Crippen LogP contribution in [0.2, 0.25) is 0 Å². The molecule has 0 aliphatic heterocycles. The highest BCUT2D eigenvalue weighted by molar-refractivity contribution is 7.07. The topological polar surface area (TPSA) is 20.3 Å². The largest absolute Gasteiger partial charge is 0.348 e. The van der Waals surface area contributed by atoms with E-state index in [0.29, 0.717) is 0 Å². The van der Waals surface area contributed by atoms with Crippen molar-refractivity contribution >= 4 is 17.2 Å². The van der Waals surface area contributed by atoms with Gasteiger partial charge in [0.05, 0.1) is 5.92 Å². The van der Waals surface area contributed by atoms with Gasteiger partial charge < -0.3 is 4.90 Å². The van der Waals surface area contributed by atoms with Crippen molar-refractivity contribution in [3.05, 3.63) is 94.7 Å². The summed E-state index contributed by atoms with van der Waals surface area (Å²) < 4.78 is 0. The first-order valence-corrected chi connectivity index (χ1v) is 8.42. The second kappa shape index (κ2) is 8.91. The Bertz CT molecular complexity index is 621. The van der Waals surface area contributed by atoms with Gasteiger partial charge in [-0.3, -0.25) is 4.79 Å². The number of hydrogen-bond donors (Lipinski definition) is 0. The van der Waals surface area contributed by atoms with Crippen LogP contribution in [0.25, 0.3) is 0 Å². The SMILES string of the molecule is CN(C)C(=O)C(c1ccccc1)c1ccccc1.c1ccsc1. The first kappa shape index (κ1) is 17.0. The van der Waals surface area contributed by atoms with Crippen LogP contribution in [-0.4, -0.2) is 24.9 Å². The predicted molar refractivity (Wildman–Crippen MR) is 97.7 cm³/mol. The Morgan fingerprint density at radius 2 is 1.22 bits per heavy atom. The molecule has 0 spiro atoms. The van der Waals surface area contributed by atoms with Crippen molar-refractivity contribution in [1.82, 2.24) is 4.90 Å². The number of amides is 1. The molecule has 1 amide bonds. The van der Waals surface area contributed by atoms with Crippen LogP contribution >= 0.6 is 11.3 Å². The van der Waals surface area contributed by atoms with Gasteiger partial charge in [0.25, 0.3) is 0 Å². The zero-order valence-corrected chi connectivity index (χ0v) is 14.2. The van der Waals surface area contributed by atoms with E-state index in [1.54, 1.807) is 30.3 Å². The fraction of sp³-hybridized carbons (Fsp3) is 0.150. The van der Waals surface area contributed by atoms with Crippen molar-refractivity contribution in [2.45, 2.75) is 5.92 Å². The first-order valence-electron chi connectivity index (χ1n) is 7.48. The molecule has 0 unspecified atom stereocenters. The minimum Gasteiger partial charge on any atom is -0.348 e. The molecule has 0 atom stereocenters. The molecule has 3 aromatic rings. The van der Waals surface area contributed by atoms with E-state index in [-0.39, 0.29) is 11.8 Å². The number of carbonyl (C=O) groups excluding carboxylic acids is 1. The molecule has 0 fully saturated rings. The summed E-state index contributed by atoms with van der Waals surface area (Å²) in [7, 11) is 3.59. The quantitative estimate of drug-likeness (QED) is 0.687. The van der Waals surface area contributed by atoms with Crippen molar-refractivity contribution in [3.63, 3.8) is 0 Å². The van der Waals surface area contributed by atoms with Gasteiger partial charge in [0.2, 0.25) is 5.91 Å². The third kappa shape index (κ3) is 5.08. The Morgan fingerprint density at radius 3 is 1.52 bits per heavy atom. The number of thiophene rings is 1. The molecular weight excluding hydrogens is 302 g/mol. The van der Waals surface area contributed by atoms with E-state index in [1.807, 2.05) is 83.6 Å². The average molecular weight is 323 g/mol. The fourth-order valence-electron chi connectivity index (χ4n) is 2.25. The van der Waals surface area contributed by atoms with E-state index >= 15 is 0 Å². The van der Waals surface area contributed by atoms with Crippen LogP contribution in [0, 0.1) is 0 Å². The van der Waals surface area contributed by atoms with Gasteiger partial charge in [-0.2, -0.15) is 11.3 Å². The Kier molecular flexibility index (Phi) is 6.57. The first-order chi connectivity index (χ1) is 11.2. The summed E-state index contributed by atoms with van der Waals surface area (Å²) in [6.07, 6.45) is 0. The maximum Gasteiger partial charge on any atom is 0.234 e. The average Bonchev–Trinajstić information content (AvgIpc) is 3.17. The summed E-state index contributed by atoms with van der Waals surface area (Å²) in [5.41, 5.74) is 2.06. The molecule has 118 valence electrons. The van der Waals surface area contributed by atoms with Gasteiger partial charge in [-0.15, -0.1) is 0 Å². The molecule has 1 heterocycles. The standard InChI is InChI=1S/C16H17NO.C4H4S/c1-17(2)16(18)15(13-9-5-3-6-10-13)14-11-7-4-8-12-14;1-2-4-5-3-1/h3-12,15H,1-2H3;1-4H. The van der Waals surface area contributed by atoms with Gasteiger partial charge in [-0.25, -0.2) is 0 Å². The molecule has 3 rings (SSSR count). The van der Waals surface area contributed by atoms with Gasteiger partial charge in [-0.05, 0) is 21.9 Å². The van der Waals surface area contributed by atoms with Crippen LogP contribution in [0.1, 0.15) is 17.0 Å². The van der Waals surface area contributed by atoms with Crippen LogP contribution in [0.4, 0.5) is 0 Å². The van der Waals surface area contributed by atoms with E-state index in [1.165, 1.54) is 0 Å². The fourth-order valence-corrected chi connectivity index (χ4v) is 2.71. The molecule has 0 N–H and O–H groups in total. The van der Waals surface area contributed by atoms with E-state index < -0.39 is 0 Å². The lowest BCUT2D eigenvalue weighted by Gasteiger charge is -2.21. The molecule has 0 aliphatic carbocycles. The lowest BCUT2D eigenvalue weighted by Crippen LogP contribution is -2.28. The molecule has 3 heteroatoms. The lowest BCUT2D eigenvalue weighted by atomic mass is 9.90. The zero-order chi connectivity index (χ0) is 16.5. The van der Waals surface area contributed by atoms with E-state index in [0.717, 1.165) is 11.1 Å². The summed E-state index contributed by atoms with van der Waals surface area (Å²) in [4.78, 5) is 14.0. The van der Waals surface area contributed by atoms with Gasteiger partial charge in [0.15, 0.2) is 0 Å². The Balaban J connectivity index is 0.000000326. The molecular formula is C20H21NOS. The molecule has 0 radical (unpaired) electrons. The number of hydrogen-bond acceptors (Lipinski definition) is 2. The highest BCUT2D eigenvalue weighted by Gasteiger charge is 2.23.